The van der Waals surface area contributed by atoms with Crippen LogP contribution in [0.15, 0.2) is 11.4 Å². The van der Waals surface area contributed by atoms with Gasteiger partial charge in [0.1, 0.15) is 0 Å². The van der Waals surface area contributed by atoms with Gasteiger partial charge in [0, 0.05) is 24.0 Å². The number of carbonyl (C=O) groups is 1. The van der Waals surface area contributed by atoms with Crippen LogP contribution in [0.25, 0.3) is 0 Å². The highest BCUT2D eigenvalue weighted by Crippen LogP contribution is 2.24. The first-order valence-electron chi connectivity index (χ1n) is 7.09. The molecule has 0 bridgehead atoms. The zero-order chi connectivity index (χ0) is 14.0. The smallest absolute Gasteiger partial charge is 0.240 e. The molecule has 0 saturated heterocycles. The Kier molecular flexibility index (Phi) is 4.63. The van der Waals surface area contributed by atoms with Crippen molar-refractivity contribution < 1.29 is 4.79 Å². The van der Waals surface area contributed by atoms with Gasteiger partial charge in [0.15, 0.2) is 0 Å². The van der Waals surface area contributed by atoms with E-state index < -0.39 is 0 Å². The maximum Gasteiger partial charge on any atom is 0.240 e. The topological polar surface area (TPSA) is 32.3 Å². The van der Waals surface area contributed by atoms with Crippen molar-refractivity contribution in [3.8, 4) is 0 Å². The molecule has 0 radical (unpaired) electrons. The molecule has 106 valence electrons. The average Bonchev–Trinajstić information content (AvgIpc) is 2.81. The summed E-state index contributed by atoms with van der Waals surface area (Å²) in [7, 11) is 0. The number of nitrogens with one attached hydrogen (secondary N) is 1. The molecule has 3 nitrogen and oxygen atoms in total. The molecule has 0 fully saturated rings. The molecule has 1 unspecified atom stereocenters. The van der Waals surface area contributed by atoms with Gasteiger partial charge in [-0.2, -0.15) is 0 Å². The van der Waals surface area contributed by atoms with Crippen LogP contribution in [0.5, 0.6) is 0 Å². The molecule has 2 heterocycles. The van der Waals surface area contributed by atoms with Gasteiger partial charge in [0.05, 0.1) is 6.04 Å². The van der Waals surface area contributed by atoms with Gasteiger partial charge in [-0.05, 0) is 29.3 Å². The lowest BCUT2D eigenvalue weighted by atomic mass is 10.00. The van der Waals surface area contributed by atoms with Gasteiger partial charge >= 0.3 is 0 Å². The van der Waals surface area contributed by atoms with Gasteiger partial charge in [-0.25, -0.2) is 0 Å². The lowest BCUT2D eigenvalue weighted by molar-refractivity contribution is -0.135. The first kappa shape index (κ1) is 14.5. The SMILES string of the molecule is CC(C)NC(C(=O)N1CCc2sccc2C1)C(C)C. The maximum absolute atomic E-state index is 12.7. The van der Waals surface area contributed by atoms with Gasteiger partial charge in [-0.1, -0.05) is 27.7 Å². The predicted molar refractivity (Wildman–Crippen MR) is 80.3 cm³/mol. The molecule has 1 N–H and O–H groups in total. The van der Waals surface area contributed by atoms with Gasteiger partial charge in [0.2, 0.25) is 5.91 Å². The quantitative estimate of drug-likeness (QED) is 0.919. The van der Waals surface area contributed by atoms with Crippen molar-refractivity contribution in [3.63, 3.8) is 0 Å². The van der Waals surface area contributed by atoms with E-state index in [2.05, 4.69) is 44.5 Å². The standard InChI is InChI=1S/C15H24N2OS/c1-10(2)14(16-11(3)4)15(18)17-7-5-13-12(9-17)6-8-19-13/h6,8,10-11,14,16H,5,7,9H2,1-4H3. The first-order valence-corrected chi connectivity index (χ1v) is 7.97. The molecule has 0 aliphatic carbocycles. The number of fused-ring (bicyclic) bond motifs is 1. The third-order valence-electron chi connectivity index (χ3n) is 3.56. The first-order chi connectivity index (χ1) is 8.99. The molecule has 1 aliphatic rings. The predicted octanol–water partition coefficient (Wildman–Crippen LogP) is 2.66. The zero-order valence-corrected chi connectivity index (χ0v) is 13.1. The van der Waals surface area contributed by atoms with Gasteiger partial charge < -0.3 is 10.2 Å². The summed E-state index contributed by atoms with van der Waals surface area (Å²) in [5.41, 5.74) is 1.33. The van der Waals surface area contributed by atoms with Gasteiger partial charge in [-0.15, -0.1) is 11.3 Å². The Bertz CT molecular complexity index is 439. The number of rotatable bonds is 4. The van der Waals surface area contributed by atoms with Gasteiger partial charge in [-0.3, -0.25) is 4.79 Å². The Labute approximate surface area is 120 Å². The largest absolute Gasteiger partial charge is 0.337 e. The Morgan fingerprint density at radius 2 is 2.11 bits per heavy atom. The van der Waals surface area contributed by atoms with Crippen molar-refractivity contribution in [1.29, 1.82) is 0 Å². The second kappa shape index (κ2) is 6.06. The Morgan fingerprint density at radius 1 is 1.37 bits per heavy atom. The number of hydrogen-bond donors (Lipinski definition) is 1. The molecule has 1 atom stereocenters. The molecule has 1 amide bonds. The van der Waals surface area contributed by atoms with Crippen LogP contribution in [-0.2, 0) is 17.8 Å². The highest BCUT2D eigenvalue weighted by molar-refractivity contribution is 7.10. The van der Waals surface area contributed by atoms with E-state index in [-0.39, 0.29) is 11.9 Å². The van der Waals surface area contributed by atoms with Crippen LogP contribution in [-0.4, -0.2) is 29.4 Å². The second-order valence-electron chi connectivity index (χ2n) is 5.92. The fourth-order valence-electron chi connectivity index (χ4n) is 2.54. The van der Waals surface area contributed by atoms with Crippen LogP contribution in [0.1, 0.15) is 38.1 Å². The summed E-state index contributed by atoms with van der Waals surface area (Å²) in [6, 6.07) is 2.41. The molecule has 4 heteroatoms. The normalized spacial score (nSPS) is 16.8. The summed E-state index contributed by atoms with van der Waals surface area (Å²) < 4.78 is 0. The molecule has 0 aromatic carbocycles. The molecule has 1 aromatic rings. The van der Waals surface area contributed by atoms with Crippen LogP contribution in [0.3, 0.4) is 0 Å². The van der Waals surface area contributed by atoms with Crippen LogP contribution >= 0.6 is 11.3 Å². The van der Waals surface area contributed by atoms with E-state index in [1.807, 2.05) is 16.2 Å². The summed E-state index contributed by atoms with van der Waals surface area (Å²) in [5.74, 6) is 0.569. The van der Waals surface area contributed by atoms with Crippen LogP contribution < -0.4 is 5.32 Å². The van der Waals surface area contributed by atoms with E-state index in [0.717, 1.165) is 19.5 Å². The van der Waals surface area contributed by atoms with Crippen molar-refractivity contribution in [2.24, 2.45) is 5.92 Å². The highest BCUT2D eigenvalue weighted by atomic mass is 32.1. The van der Waals surface area contributed by atoms with Crippen LogP contribution in [0, 0.1) is 5.92 Å². The highest BCUT2D eigenvalue weighted by Gasteiger charge is 2.29. The monoisotopic (exact) mass is 280 g/mol. The number of nitrogens with zero attached hydrogens (tertiary/aromatic N) is 1. The lowest BCUT2D eigenvalue weighted by Gasteiger charge is -2.33. The molecule has 1 aliphatic heterocycles. The Morgan fingerprint density at radius 3 is 2.74 bits per heavy atom. The molecule has 19 heavy (non-hydrogen) atoms. The number of thiophene rings is 1. The summed E-state index contributed by atoms with van der Waals surface area (Å²) in [5, 5.41) is 5.54. The summed E-state index contributed by atoms with van der Waals surface area (Å²) in [6.07, 6.45) is 1.01. The number of amides is 1. The maximum atomic E-state index is 12.7. The van der Waals surface area contributed by atoms with Crippen LogP contribution in [0.4, 0.5) is 0 Å². The Hall–Kier alpha value is -0.870. The zero-order valence-electron chi connectivity index (χ0n) is 12.3. The van der Waals surface area contributed by atoms with E-state index >= 15 is 0 Å². The minimum Gasteiger partial charge on any atom is -0.337 e. The average molecular weight is 280 g/mol. The van der Waals surface area contributed by atoms with Crippen molar-refractivity contribution in [2.75, 3.05) is 6.54 Å². The van der Waals surface area contributed by atoms with Gasteiger partial charge in [0.25, 0.3) is 0 Å². The van der Waals surface area contributed by atoms with Crippen molar-refractivity contribution in [1.82, 2.24) is 10.2 Å². The van der Waals surface area contributed by atoms with Crippen molar-refractivity contribution in [3.05, 3.63) is 21.9 Å². The second-order valence-corrected chi connectivity index (χ2v) is 6.92. The van der Waals surface area contributed by atoms with Crippen LogP contribution in [0.2, 0.25) is 0 Å². The molecular formula is C15H24N2OS. The lowest BCUT2D eigenvalue weighted by Crippen LogP contribution is -2.52. The van der Waals surface area contributed by atoms with Crippen molar-refractivity contribution in [2.45, 2.75) is 52.7 Å². The van der Waals surface area contributed by atoms with E-state index in [0.29, 0.717) is 12.0 Å². The molecule has 0 saturated carbocycles. The molecular weight excluding hydrogens is 256 g/mol. The summed E-state index contributed by atoms with van der Waals surface area (Å²) in [4.78, 5) is 16.1. The fourth-order valence-corrected chi connectivity index (χ4v) is 3.43. The van der Waals surface area contributed by atoms with E-state index in [4.69, 9.17) is 0 Å². The third-order valence-corrected chi connectivity index (χ3v) is 4.59. The van der Waals surface area contributed by atoms with E-state index in [9.17, 15) is 4.79 Å². The molecule has 0 spiro atoms. The number of hydrogen-bond acceptors (Lipinski definition) is 3. The minimum atomic E-state index is -0.0693. The minimum absolute atomic E-state index is 0.0693. The summed E-state index contributed by atoms with van der Waals surface area (Å²) in [6.45, 7) is 10.0. The Balaban J connectivity index is 2.06. The fraction of sp³-hybridized carbons (Fsp3) is 0.667. The third kappa shape index (κ3) is 3.37. The number of carbonyl (C=O) groups excluding carboxylic acids is 1. The van der Waals surface area contributed by atoms with E-state index in [1.165, 1.54) is 10.4 Å². The molecule has 2 rings (SSSR count). The molecule has 1 aromatic heterocycles. The van der Waals surface area contributed by atoms with Crippen molar-refractivity contribution >= 4 is 17.2 Å². The summed E-state index contributed by atoms with van der Waals surface area (Å²) >= 11 is 1.81. The van der Waals surface area contributed by atoms with E-state index in [1.54, 1.807) is 0 Å².